The summed E-state index contributed by atoms with van der Waals surface area (Å²) in [4.78, 5) is 13.1. The third-order valence-corrected chi connectivity index (χ3v) is 7.48. The lowest BCUT2D eigenvalue weighted by Gasteiger charge is -2.46. The molecule has 0 saturated carbocycles. The number of benzene rings is 2. The predicted molar refractivity (Wildman–Crippen MR) is 139 cm³/mol. The van der Waals surface area contributed by atoms with Crippen molar-refractivity contribution >= 4 is 5.97 Å². The normalized spacial score (nSPS) is 21.2. The predicted octanol–water partition coefficient (Wildman–Crippen LogP) is 6.21. The van der Waals surface area contributed by atoms with Crippen molar-refractivity contribution in [2.75, 3.05) is 0 Å². The number of phenolic OH excluding ortho intramolecular Hbond substituents is 1. The van der Waals surface area contributed by atoms with Gasteiger partial charge in [0.05, 0.1) is 0 Å². The number of allylic oxidation sites excluding steroid dienone is 2. The Hall–Kier alpha value is -2.79. The Labute approximate surface area is 209 Å². The number of fused-ring (bicyclic) bond motifs is 3. The molecular weight excluding hydrogens is 438 g/mol. The first-order valence-corrected chi connectivity index (χ1v) is 13.0. The van der Waals surface area contributed by atoms with Crippen LogP contribution in [0.15, 0.2) is 48.0 Å². The zero-order valence-electron chi connectivity index (χ0n) is 21.5. The first kappa shape index (κ1) is 25.3. The van der Waals surface area contributed by atoms with Crippen LogP contribution in [0.3, 0.4) is 0 Å². The molecule has 2 aromatic rings. The van der Waals surface area contributed by atoms with Gasteiger partial charge >= 0.3 is 5.97 Å². The fourth-order valence-electron chi connectivity index (χ4n) is 5.52. The van der Waals surface area contributed by atoms with Crippen LogP contribution in [0, 0.1) is 5.92 Å². The summed E-state index contributed by atoms with van der Waals surface area (Å²) in [5.41, 5.74) is 10.3. The maximum atomic E-state index is 13.1. The van der Waals surface area contributed by atoms with Crippen molar-refractivity contribution in [2.24, 2.45) is 11.7 Å². The Bertz CT molecular complexity index is 1090. The summed E-state index contributed by atoms with van der Waals surface area (Å²) in [5.74, 6) is 1.59. The standard InChI is InChI=1S/C30H39NO4/c1-5-6-7-8-21-17-26(34-29(33)25(31)16-20-10-12-22(32)13-11-20)28-23-15-19(2)9-14-24(23)30(3,4)35-27(28)18-21/h10-13,15,17-18,23-25,32H,5-9,14,16,31H2,1-4H3/t23?,24?,25-/m0/s1. The van der Waals surface area contributed by atoms with Crippen molar-refractivity contribution in [2.45, 2.75) is 90.2 Å². The molecule has 0 fully saturated rings. The van der Waals surface area contributed by atoms with Crippen LogP contribution in [0.5, 0.6) is 17.2 Å². The number of nitrogens with two attached hydrogens (primary N) is 1. The molecule has 0 bridgehead atoms. The summed E-state index contributed by atoms with van der Waals surface area (Å²) in [7, 11) is 0. The van der Waals surface area contributed by atoms with E-state index < -0.39 is 12.0 Å². The number of hydrogen-bond acceptors (Lipinski definition) is 5. The second kappa shape index (κ2) is 10.4. The first-order valence-electron chi connectivity index (χ1n) is 13.0. The largest absolute Gasteiger partial charge is 0.508 e. The third kappa shape index (κ3) is 5.72. The Kier molecular flexibility index (Phi) is 7.56. The highest BCUT2D eigenvalue weighted by Crippen LogP contribution is 2.53. The van der Waals surface area contributed by atoms with E-state index in [1.54, 1.807) is 24.3 Å². The minimum absolute atomic E-state index is 0.142. The molecular formula is C30H39NO4. The van der Waals surface area contributed by atoms with Crippen LogP contribution in [-0.4, -0.2) is 22.7 Å². The molecule has 2 unspecified atom stereocenters. The number of unbranched alkanes of at least 4 members (excludes halogenated alkanes) is 2. The van der Waals surface area contributed by atoms with E-state index >= 15 is 0 Å². The number of aromatic hydroxyl groups is 1. The highest BCUT2D eigenvalue weighted by Gasteiger charge is 2.45. The van der Waals surface area contributed by atoms with Crippen molar-refractivity contribution in [3.63, 3.8) is 0 Å². The summed E-state index contributed by atoms with van der Waals surface area (Å²) in [5, 5.41) is 9.52. The van der Waals surface area contributed by atoms with Crippen molar-refractivity contribution < 1.29 is 19.4 Å². The molecule has 188 valence electrons. The molecule has 1 aliphatic carbocycles. The lowest BCUT2D eigenvalue weighted by Crippen LogP contribution is -2.45. The minimum atomic E-state index is -0.806. The SMILES string of the molecule is CCCCCc1cc(OC(=O)[C@@H](N)Cc2ccc(O)cc2)c2c(c1)OC(C)(C)C1CCC(C)=CC21. The topological polar surface area (TPSA) is 81.8 Å². The van der Waals surface area contributed by atoms with Gasteiger partial charge < -0.3 is 20.3 Å². The van der Waals surface area contributed by atoms with Crippen molar-refractivity contribution in [1.29, 1.82) is 0 Å². The quantitative estimate of drug-likeness (QED) is 0.204. The van der Waals surface area contributed by atoms with E-state index in [2.05, 4.69) is 39.8 Å². The summed E-state index contributed by atoms with van der Waals surface area (Å²) in [6.07, 6.45) is 9.08. The molecule has 0 amide bonds. The number of hydrogen-bond donors (Lipinski definition) is 2. The zero-order valence-corrected chi connectivity index (χ0v) is 21.5. The number of rotatable bonds is 8. The van der Waals surface area contributed by atoms with E-state index in [0.717, 1.165) is 61.0 Å². The van der Waals surface area contributed by atoms with Gasteiger partial charge in [0.15, 0.2) is 0 Å². The van der Waals surface area contributed by atoms with E-state index in [4.69, 9.17) is 15.2 Å². The van der Waals surface area contributed by atoms with Crippen molar-refractivity contribution in [1.82, 2.24) is 0 Å². The molecule has 2 aliphatic rings. The van der Waals surface area contributed by atoms with Gasteiger partial charge in [-0.2, -0.15) is 0 Å². The Morgan fingerprint density at radius 2 is 1.94 bits per heavy atom. The van der Waals surface area contributed by atoms with Gasteiger partial charge in [0.25, 0.3) is 0 Å². The summed E-state index contributed by atoms with van der Waals surface area (Å²) in [6, 6.07) is 10.1. The maximum absolute atomic E-state index is 13.1. The molecule has 35 heavy (non-hydrogen) atoms. The lowest BCUT2D eigenvalue weighted by molar-refractivity contribution is -0.135. The molecule has 0 spiro atoms. The van der Waals surface area contributed by atoms with E-state index in [0.29, 0.717) is 18.1 Å². The number of aryl methyl sites for hydroxylation is 1. The smallest absolute Gasteiger partial charge is 0.328 e. The van der Waals surface area contributed by atoms with Gasteiger partial charge in [-0.3, -0.25) is 0 Å². The van der Waals surface area contributed by atoms with Gasteiger partial charge in [-0.25, -0.2) is 4.79 Å². The van der Waals surface area contributed by atoms with Gasteiger partial charge in [0.1, 0.15) is 28.9 Å². The molecule has 5 heteroatoms. The molecule has 0 aromatic heterocycles. The van der Waals surface area contributed by atoms with Crippen molar-refractivity contribution in [3.05, 3.63) is 64.7 Å². The van der Waals surface area contributed by atoms with Gasteiger partial charge in [0.2, 0.25) is 0 Å². The monoisotopic (exact) mass is 477 g/mol. The highest BCUT2D eigenvalue weighted by atomic mass is 16.5. The molecule has 2 aromatic carbocycles. The Morgan fingerprint density at radius 3 is 2.66 bits per heavy atom. The van der Waals surface area contributed by atoms with E-state index in [-0.39, 0.29) is 17.3 Å². The van der Waals surface area contributed by atoms with E-state index in [1.165, 1.54) is 5.57 Å². The zero-order chi connectivity index (χ0) is 25.2. The maximum Gasteiger partial charge on any atom is 0.328 e. The molecule has 1 heterocycles. The Balaban J connectivity index is 1.66. The number of ether oxygens (including phenoxy) is 2. The number of phenols is 1. The number of esters is 1. The third-order valence-electron chi connectivity index (χ3n) is 7.48. The molecule has 1 aliphatic heterocycles. The second-order valence-electron chi connectivity index (χ2n) is 10.8. The fourth-order valence-corrected chi connectivity index (χ4v) is 5.52. The molecule has 5 nitrogen and oxygen atoms in total. The second-order valence-corrected chi connectivity index (χ2v) is 10.8. The van der Waals surface area contributed by atoms with Gasteiger partial charge in [0, 0.05) is 17.4 Å². The number of carbonyl (C=O) groups excluding carboxylic acids is 1. The van der Waals surface area contributed by atoms with Crippen LogP contribution in [0.25, 0.3) is 0 Å². The van der Waals surface area contributed by atoms with Crippen LogP contribution in [0.2, 0.25) is 0 Å². The molecule has 0 saturated heterocycles. The molecule has 0 radical (unpaired) electrons. The van der Waals surface area contributed by atoms with Crippen LogP contribution >= 0.6 is 0 Å². The summed E-state index contributed by atoms with van der Waals surface area (Å²) < 4.78 is 12.6. The van der Waals surface area contributed by atoms with Gasteiger partial charge in [-0.15, -0.1) is 0 Å². The van der Waals surface area contributed by atoms with E-state index in [9.17, 15) is 9.90 Å². The fraction of sp³-hybridized carbons (Fsp3) is 0.500. The van der Waals surface area contributed by atoms with Gasteiger partial charge in [-0.05, 0) is 88.3 Å². The average molecular weight is 478 g/mol. The van der Waals surface area contributed by atoms with Crippen LogP contribution in [0.4, 0.5) is 0 Å². The lowest BCUT2D eigenvalue weighted by atomic mass is 9.68. The number of carbonyl (C=O) groups is 1. The molecule has 3 atom stereocenters. The summed E-state index contributed by atoms with van der Waals surface area (Å²) >= 11 is 0. The summed E-state index contributed by atoms with van der Waals surface area (Å²) in [6.45, 7) is 8.71. The Morgan fingerprint density at radius 1 is 1.20 bits per heavy atom. The molecule has 4 rings (SSSR count). The first-order chi connectivity index (χ1) is 16.7. The van der Waals surface area contributed by atoms with Crippen molar-refractivity contribution in [3.8, 4) is 17.2 Å². The van der Waals surface area contributed by atoms with Crippen LogP contribution in [-0.2, 0) is 17.6 Å². The average Bonchev–Trinajstić information content (AvgIpc) is 2.79. The van der Waals surface area contributed by atoms with Crippen LogP contribution in [0.1, 0.15) is 82.4 Å². The highest BCUT2D eigenvalue weighted by molar-refractivity contribution is 5.79. The van der Waals surface area contributed by atoms with Crippen LogP contribution < -0.4 is 15.2 Å². The minimum Gasteiger partial charge on any atom is -0.508 e. The van der Waals surface area contributed by atoms with Gasteiger partial charge in [-0.1, -0.05) is 43.5 Å². The molecule has 3 N–H and O–H groups in total. The van der Waals surface area contributed by atoms with E-state index in [1.807, 2.05) is 6.07 Å².